The lowest BCUT2D eigenvalue weighted by Gasteiger charge is -2.18. The largest absolute Gasteiger partial charge is 0.462 e. The van der Waals surface area contributed by atoms with Gasteiger partial charge in [-0.2, -0.15) is 0 Å². The normalized spacial score (nSPS) is 12.7. The Morgan fingerprint density at radius 1 is 0.297 bits per heavy atom. The smallest absolute Gasteiger partial charge is 0.310 e. The van der Waals surface area contributed by atoms with E-state index in [0.29, 0.717) is 12.8 Å². The molecule has 0 aromatic heterocycles. The molecule has 0 saturated heterocycles. The van der Waals surface area contributed by atoms with Crippen LogP contribution >= 0.6 is 0 Å². The molecule has 0 fully saturated rings. The number of rotatable bonds is 56. The first-order chi connectivity index (χ1) is 36.5. The van der Waals surface area contributed by atoms with Crippen LogP contribution in [-0.4, -0.2) is 37.2 Å². The predicted octanol–water partition coefficient (Wildman–Crippen LogP) is 21.3. The van der Waals surface area contributed by atoms with E-state index in [1.165, 1.54) is 173 Å². The summed E-state index contributed by atoms with van der Waals surface area (Å²) in [6.45, 7) is 6.44. The second-order valence-electron chi connectivity index (χ2n) is 20.6. The highest BCUT2D eigenvalue weighted by molar-refractivity contribution is 5.72. The van der Waals surface area contributed by atoms with Crippen molar-refractivity contribution in [2.45, 2.75) is 303 Å². The van der Waals surface area contributed by atoms with Crippen LogP contribution in [-0.2, 0) is 28.6 Å². The Kier molecular flexibility index (Phi) is 58.8. The summed E-state index contributed by atoms with van der Waals surface area (Å²) < 4.78 is 16.8. The number of esters is 3. The van der Waals surface area contributed by atoms with E-state index in [1.54, 1.807) is 6.08 Å². The van der Waals surface area contributed by atoms with Gasteiger partial charge in [-0.25, -0.2) is 0 Å². The van der Waals surface area contributed by atoms with E-state index in [4.69, 9.17) is 14.2 Å². The molecule has 1 unspecified atom stereocenters. The molecule has 0 aliphatic heterocycles. The molecule has 0 bridgehead atoms. The average molecular weight is 1030 g/mol. The van der Waals surface area contributed by atoms with Crippen LogP contribution in [0.4, 0.5) is 0 Å². The predicted molar refractivity (Wildman–Crippen MR) is 320 cm³/mol. The van der Waals surface area contributed by atoms with Crippen LogP contribution in [0.2, 0.25) is 0 Å². The summed E-state index contributed by atoms with van der Waals surface area (Å²) in [5.74, 6) is -1.04. The standard InChI is InChI=1S/C68H116O6/c1-4-7-10-13-16-19-22-25-27-28-29-30-31-32-33-34-35-36-37-38-39-40-42-43-46-49-52-55-58-61-67(70)73-64-65(63-72-66(69)60-57-54-51-48-45-24-21-18-15-12-9-6-3)74-68(71)62-59-56-53-50-47-44-41-26-23-20-17-14-11-8-5-2/h8,11,17,20,22,25-26,28-29,31-32,41,47,50,56,59,65H,4-7,9-10,12-16,18-19,21,23-24,27,30,33-40,42-46,48-49,51-55,57-58,60-64H2,1-3H3/b11-8-,20-17-,25-22-,29-28-,32-31-,41-26-,50-47-,59-56-. The molecule has 6 nitrogen and oxygen atoms in total. The van der Waals surface area contributed by atoms with Gasteiger partial charge in [0.15, 0.2) is 6.10 Å². The third kappa shape index (κ3) is 59.2. The summed E-state index contributed by atoms with van der Waals surface area (Å²) in [7, 11) is 0. The van der Waals surface area contributed by atoms with E-state index < -0.39 is 12.1 Å². The Bertz CT molecular complexity index is 1460. The van der Waals surface area contributed by atoms with E-state index in [2.05, 4.69) is 106 Å². The number of hydrogen-bond donors (Lipinski definition) is 0. The van der Waals surface area contributed by atoms with Crippen molar-refractivity contribution >= 4 is 17.9 Å². The highest BCUT2D eigenvalue weighted by Gasteiger charge is 2.19. The quantitative estimate of drug-likeness (QED) is 0.0261. The highest BCUT2D eigenvalue weighted by Crippen LogP contribution is 2.16. The third-order valence-corrected chi connectivity index (χ3v) is 13.4. The van der Waals surface area contributed by atoms with Gasteiger partial charge in [0.25, 0.3) is 0 Å². The van der Waals surface area contributed by atoms with Crippen LogP contribution in [0.3, 0.4) is 0 Å². The number of hydrogen-bond acceptors (Lipinski definition) is 6. The fourth-order valence-corrected chi connectivity index (χ4v) is 8.70. The summed E-state index contributed by atoms with van der Waals surface area (Å²) in [4.78, 5) is 38.1. The molecule has 0 aliphatic carbocycles. The van der Waals surface area contributed by atoms with E-state index in [1.807, 2.05) is 6.08 Å². The SMILES string of the molecule is CC/C=C\C/C=C\C/C=C\C/C=C\C/C=C\CC(=O)OC(COC(=O)CCCCCCCCCCCCCC)COC(=O)CCCCCCCCCCCCCCCC/C=C\C/C=C\C/C=C\CCCCCCC. The van der Waals surface area contributed by atoms with Gasteiger partial charge >= 0.3 is 17.9 Å². The summed E-state index contributed by atoms with van der Waals surface area (Å²) in [6, 6.07) is 0. The van der Waals surface area contributed by atoms with Crippen molar-refractivity contribution in [3.63, 3.8) is 0 Å². The van der Waals surface area contributed by atoms with Crippen molar-refractivity contribution < 1.29 is 28.6 Å². The molecule has 0 N–H and O–H groups in total. The minimum Gasteiger partial charge on any atom is -0.462 e. The monoisotopic (exact) mass is 1030 g/mol. The van der Waals surface area contributed by atoms with Crippen molar-refractivity contribution in [1.82, 2.24) is 0 Å². The van der Waals surface area contributed by atoms with Gasteiger partial charge < -0.3 is 14.2 Å². The second kappa shape index (κ2) is 61.9. The highest BCUT2D eigenvalue weighted by atomic mass is 16.6. The third-order valence-electron chi connectivity index (χ3n) is 13.4. The van der Waals surface area contributed by atoms with E-state index in [9.17, 15) is 14.4 Å². The maximum atomic E-state index is 12.8. The Labute approximate surface area is 457 Å². The van der Waals surface area contributed by atoms with Crippen LogP contribution in [0.15, 0.2) is 97.2 Å². The maximum Gasteiger partial charge on any atom is 0.310 e. The number of ether oxygens (including phenoxy) is 3. The second-order valence-corrected chi connectivity index (χ2v) is 20.6. The molecule has 0 radical (unpaired) electrons. The molecular formula is C68H116O6. The number of unbranched alkanes of at least 4 members (excludes halogenated alkanes) is 30. The Morgan fingerprint density at radius 3 is 0.892 bits per heavy atom. The van der Waals surface area contributed by atoms with Crippen LogP contribution in [0.5, 0.6) is 0 Å². The first-order valence-electron chi connectivity index (χ1n) is 31.2. The minimum absolute atomic E-state index is 0.0975. The molecule has 0 spiro atoms. The molecule has 6 heteroatoms. The summed E-state index contributed by atoms with van der Waals surface area (Å²) in [5, 5.41) is 0. The van der Waals surface area contributed by atoms with Gasteiger partial charge in [0.2, 0.25) is 0 Å². The number of carbonyl (C=O) groups excluding carboxylic acids is 3. The summed E-state index contributed by atoms with van der Waals surface area (Å²) in [6.07, 6.45) is 83.1. The van der Waals surface area contributed by atoms with Crippen molar-refractivity contribution in [2.24, 2.45) is 0 Å². The fraction of sp³-hybridized carbons (Fsp3) is 0.721. The Balaban J connectivity index is 4.27. The summed E-state index contributed by atoms with van der Waals surface area (Å²) >= 11 is 0. The van der Waals surface area contributed by atoms with Crippen molar-refractivity contribution in [3.05, 3.63) is 97.2 Å². The van der Waals surface area contributed by atoms with Gasteiger partial charge in [0.05, 0.1) is 6.42 Å². The van der Waals surface area contributed by atoms with Crippen LogP contribution < -0.4 is 0 Å². The van der Waals surface area contributed by atoms with E-state index in [0.717, 1.165) is 83.5 Å². The molecule has 0 rings (SSSR count). The van der Waals surface area contributed by atoms with E-state index in [-0.39, 0.29) is 31.6 Å². The topological polar surface area (TPSA) is 78.9 Å². The zero-order chi connectivity index (χ0) is 53.6. The van der Waals surface area contributed by atoms with Crippen LogP contribution in [0, 0.1) is 0 Å². The van der Waals surface area contributed by atoms with Gasteiger partial charge in [-0.05, 0) is 83.5 Å². The summed E-state index contributed by atoms with van der Waals surface area (Å²) in [5.41, 5.74) is 0. The lowest BCUT2D eigenvalue weighted by molar-refractivity contribution is -0.166. The first kappa shape index (κ1) is 70.3. The molecule has 0 saturated carbocycles. The lowest BCUT2D eigenvalue weighted by atomic mass is 10.0. The maximum absolute atomic E-state index is 12.8. The molecule has 424 valence electrons. The van der Waals surface area contributed by atoms with Gasteiger partial charge in [-0.1, -0.05) is 291 Å². The Hall–Kier alpha value is -3.67. The van der Waals surface area contributed by atoms with Gasteiger partial charge in [-0.3, -0.25) is 14.4 Å². The van der Waals surface area contributed by atoms with Gasteiger partial charge in [0, 0.05) is 12.8 Å². The Morgan fingerprint density at radius 2 is 0.568 bits per heavy atom. The first-order valence-corrected chi connectivity index (χ1v) is 31.2. The number of carbonyl (C=O) groups is 3. The molecule has 0 amide bonds. The van der Waals surface area contributed by atoms with Crippen molar-refractivity contribution in [3.8, 4) is 0 Å². The molecule has 0 aromatic rings. The lowest BCUT2D eigenvalue weighted by Crippen LogP contribution is -2.30. The molecule has 0 aliphatic rings. The molecule has 0 heterocycles. The van der Waals surface area contributed by atoms with Gasteiger partial charge in [-0.15, -0.1) is 0 Å². The molecule has 74 heavy (non-hydrogen) atoms. The number of allylic oxidation sites excluding steroid dienone is 15. The van der Waals surface area contributed by atoms with Crippen LogP contribution in [0.1, 0.15) is 297 Å². The fourth-order valence-electron chi connectivity index (χ4n) is 8.70. The zero-order valence-electron chi connectivity index (χ0n) is 48.6. The zero-order valence-corrected chi connectivity index (χ0v) is 48.6. The van der Waals surface area contributed by atoms with Crippen LogP contribution in [0.25, 0.3) is 0 Å². The van der Waals surface area contributed by atoms with Gasteiger partial charge in [0.1, 0.15) is 13.2 Å². The molecule has 1 atom stereocenters. The minimum atomic E-state index is -0.830. The average Bonchev–Trinajstić information content (AvgIpc) is 3.40. The van der Waals surface area contributed by atoms with Crippen molar-refractivity contribution in [2.75, 3.05) is 13.2 Å². The van der Waals surface area contributed by atoms with Crippen molar-refractivity contribution in [1.29, 1.82) is 0 Å². The molecular weight excluding hydrogens is 913 g/mol. The molecule has 0 aromatic carbocycles. The van der Waals surface area contributed by atoms with E-state index >= 15 is 0 Å².